The maximum absolute atomic E-state index is 5.86. The number of nitrogens with two attached hydrogens (primary N) is 1. The van der Waals surface area contributed by atoms with Gasteiger partial charge in [0.05, 0.1) is 31.0 Å². The van der Waals surface area contributed by atoms with Crippen molar-refractivity contribution in [3.8, 4) is 5.75 Å². The van der Waals surface area contributed by atoms with Crippen molar-refractivity contribution in [2.75, 3.05) is 33.5 Å². The van der Waals surface area contributed by atoms with E-state index in [0.29, 0.717) is 33.0 Å². The van der Waals surface area contributed by atoms with Crippen LogP contribution in [0.25, 0.3) is 10.9 Å². The van der Waals surface area contributed by atoms with E-state index in [0.717, 1.165) is 28.8 Å². The van der Waals surface area contributed by atoms with Crippen molar-refractivity contribution in [1.29, 1.82) is 0 Å². The van der Waals surface area contributed by atoms with E-state index in [-0.39, 0.29) is 0 Å². The van der Waals surface area contributed by atoms with Gasteiger partial charge in [-0.3, -0.25) is 4.98 Å². The summed E-state index contributed by atoms with van der Waals surface area (Å²) in [5.41, 5.74) is 7.43. The Labute approximate surface area is 125 Å². The maximum atomic E-state index is 5.86. The molecule has 0 atom stereocenters. The fourth-order valence-electron chi connectivity index (χ4n) is 2.01. The van der Waals surface area contributed by atoms with Crippen molar-refractivity contribution in [2.24, 2.45) is 5.73 Å². The van der Waals surface area contributed by atoms with Crippen molar-refractivity contribution in [3.63, 3.8) is 0 Å². The summed E-state index contributed by atoms with van der Waals surface area (Å²) in [5.74, 6) is 0.831. The molecule has 1 aromatic heterocycles. The van der Waals surface area contributed by atoms with Gasteiger partial charge in [0.1, 0.15) is 5.75 Å². The van der Waals surface area contributed by atoms with Crippen molar-refractivity contribution < 1.29 is 14.2 Å². The van der Waals surface area contributed by atoms with Crippen LogP contribution in [0.4, 0.5) is 0 Å². The molecule has 0 unspecified atom stereocenters. The Morgan fingerprint density at radius 3 is 2.76 bits per heavy atom. The van der Waals surface area contributed by atoms with Crippen LogP contribution in [0.1, 0.15) is 12.1 Å². The van der Waals surface area contributed by atoms with Gasteiger partial charge in [-0.2, -0.15) is 0 Å². The van der Waals surface area contributed by atoms with E-state index >= 15 is 0 Å². The van der Waals surface area contributed by atoms with Gasteiger partial charge < -0.3 is 19.9 Å². The summed E-state index contributed by atoms with van der Waals surface area (Å²) in [6.07, 6.45) is 0.832. The first kappa shape index (κ1) is 15.7. The first-order valence-corrected chi connectivity index (χ1v) is 7.13. The predicted octanol–water partition coefficient (Wildman–Crippen LogP) is 2.13. The second-order valence-corrected chi connectivity index (χ2v) is 4.64. The summed E-state index contributed by atoms with van der Waals surface area (Å²) in [7, 11) is 1.66. The zero-order valence-electron chi connectivity index (χ0n) is 12.4. The minimum Gasteiger partial charge on any atom is -0.493 e. The molecule has 114 valence electrons. The van der Waals surface area contributed by atoms with Crippen LogP contribution in [-0.2, 0) is 16.0 Å². The topological polar surface area (TPSA) is 66.6 Å². The summed E-state index contributed by atoms with van der Waals surface area (Å²) in [4.78, 5) is 4.49. The molecule has 0 fully saturated rings. The third kappa shape index (κ3) is 4.67. The maximum Gasteiger partial charge on any atom is 0.130 e. The number of hydrogen-bond acceptors (Lipinski definition) is 5. The number of benzene rings is 1. The Hall–Kier alpha value is -1.69. The molecule has 2 rings (SSSR count). The third-order valence-corrected chi connectivity index (χ3v) is 3.06. The molecule has 21 heavy (non-hydrogen) atoms. The molecule has 0 radical (unpaired) electrons. The van der Waals surface area contributed by atoms with Gasteiger partial charge in [-0.15, -0.1) is 0 Å². The monoisotopic (exact) mass is 290 g/mol. The van der Waals surface area contributed by atoms with Gasteiger partial charge in [-0.05, 0) is 12.1 Å². The fraction of sp³-hybridized carbons (Fsp3) is 0.438. The SMILES string of the molecule is COCCOCCCOc1cc(CN)nc2ccccc12. The van der Waals surface area contributed by atoms with Gasteiger partial charge in [-0.25, -0.2) is 0 Å². The molecule has 1 aromatic carbocycles. The van der Waals surface area contributed by atoms with E-state index in [2.05, 4.69) is 4.98 Å². The van der Waals surface area contributed by atoms with Crippen LogP contribution >= 0.6 is 0 Å². The van der Waals surface area contributed by atoms with Crippen LogP contribution < -0.4 is 10.5 Å². The van der Waals surface area contributed by atoms with Crippen LogP contribution in [-0.4, -0.2) is 38.5 Å². The van der Waals surface area contributed by atoms with Crippen molar-refractivity contribution in [3.05, 3.63) is 36.0 Å². The zero-order valence-corrected chi connectivity index (χ0v) is 12.4. The molecule has 0 aliphatic heterocycles. The quantitative estimate of drug-likeness (QED) is 0.717. The highest BCUT2D eigenvalue weighted by molar-refractivity contribution is 5.85. The second-order valence-electron chi connectivity index (χ2n) is 4.64. The molecule has 0 saturated heterocycles. The van der Waals surface area contributed by atoms with Crippen molar-refractivity contribution >= 4 is 10.9 Å². The van der Waals surface area contributed by atoms with Crippen molar-refractivity contribution in [1.82, 2.24) is 4.98 Å². The zero-order chi connectivity index (χ0) is 14.9. The number of para-hydroxylation sites is 1. The molecule has 0 amide bonds. The molecule has 0 saturated carbocycles. The minimum atomic E-state index is 0.404. The molecule has 5 nitrogen and oxygen atoms in total. The Bertz CT molecular complexity index is 560. The average molecular weight is 290 g/mol. The van der Waals surface area contributed by atoms with Crippen LogP contribution in [0.2, 0.25) is 0 Å². The van der Waals surface area contributed by atoms with Gasteiger partial charge in [0.15, 0.2) is 0 Å². The summed E-state index contributed by atoms with van der Waals surface area (Å²) in [5, 5.41) is 1.01. The lowest BCUT2D eigenvalue weighted by Gasteiger charge is -2.11. The molecule has 2 aromatic rings. The molecule has 0 spiro atoms. The molecule has 2 N–H and O–H groups in total. The van der Waals surface area contributed by atoms with E-state index in [1.807, 2.05) is 30.3 Å². The molecular formula is C16H22N2O3. The third-order valence-electron chi connectivity index (χ3n) is 3.06. The van der Waals surface area contributed by atoms with E-state index in [4.69, 9.17) is 19.9 Å². The van der Waals surface area contributed by atoms with Gasteiger partial charge >= 0.3 is 0 Å². The number of hydrogen-bond donors (Lipinski definition) is 1. The lowest BCUT2D eigenvalue weighted by atomic mass is 10.2. The van der Waals surface area contributed by atoms with Crippen LogP contribution in [0, 0.1) is 0 Å². The predicted molar refractivity (Wildman–Crippen MR) is 82.4 cm³/mol. The van der Waals surface area contributed by atoms with E-state index in [1.165, 1.54) is 0 Å². The van der Waals surface area contributed by atoms with E-state index < -0.39 is 0 Å². The largest absolute Gasteiger partial charge is 0.493 e. The molecule has 1 heterocycles. The van der Waals surface area contributed by atoms with Crippen LogP contribution in [0.3, 0.4) is 0 Å². The number of methoxy groups -OCH3 is 1. The molecule has 0 aliphatic rings. The Kier molecular flexibility index (Phi) is 6.40. The standard InChI is InChI=1S/C16H22N2O3/c1-19-9-10-20-7-4-8-21-16-11-13(12-17)18-15-6-3-2-5-14(15)16/h2-3,5-6,11H,4,7-10,12,17H2,1H3. The van der Waals surface area contributed by atoms with E-state index in [9.17, 15) is 0 Å². The van der Waals surface area contributed by atoms with Crippen molar-refractivity contribution in [2.45, 2.75) is 13.0 Å². The summed E-state index contributed by atoms with van der Waals surface area (Å²) >= 11 is 0. The highest BCUT2D eigenvalue weighted by atomic mass is 16.5. The van der Waals surface area contributed by atoms with Gasteiger partial charge in [-0.1, -0.05) is 12.1 Å². The highest BCUT2D eigenvalue weighted by Gasteiger charge is 2.05. The number of aromatic nitrogens is 1. The first-order chi connectivity index (χ1) is 10.3. The number of rotatable bonds is 9. The molecular weight excluding hydrogens is 268 g/mol. The first-order valence-electron chi connectivity index (χ1n) is 7.13. The van der Waals surface area contributed by atoms with Crippen LogP contribution in [0.15, 0.2) is 30.3 Å². The number of pyridine rings is 1. The lowest BCUT2D eigenvalue weighted by molar-refractivity contribution is 0.0645. The summed E-state index contributed by atoms with van der Waals surface area (Å²) in [6, 6.07) is 9.83. The summed E-state index contributed by atoms with van der Waals surface area (Å²) in [6.45, 7) is 2.91. The number of fused-ring (bicyclic) bond motifs is 1. The molecule has 5 heteroatoms. The smallest absolute Gasteiger partial charge is 0.130 e. The molecule has 0 bridgehead atoms. The number of ether oxygens (including phenoxy) is 3. The normalized spacial score (nSPS) is 11.0. The Balaban J connectivity index is 1.91. The van der Waals surface area contributed by atoms with Gasteiger partial charge in [0, 0.05) is 38.1 Å². The number of nitrogens with zero attached hydrogens (tertiary/aromatic N) is 1. The average Bonchev–Trinajstić information content (AvgIpc) is 2.53. The molecule has 0 aliphatic carbocycles. The highest BCUT2D eigenvalue weighted by Crippen LogP contribution is 2.25. The fourth-order valence-corrected chi connectivity index (χ4v) is 2.01. The summed E-state index contributed by atoms with van der Waals surface area (Å²) < 4.78 is 16.2. The van der Waals surface area contributed by atoms with Gasteiger partial charge in [0.25, 0.3) is 0 Å². The minimum absolute atomic E-state index is 0.404. The van der Waals surface area contributed by atoms with Crippen LogP contribution in [0.5, 0.6) is 5.75 Å². The van der Waals surface area contributed by atoms with E-state index in [1.54, 1.807) is 7.11 Å². The second kappa shape index (κ2) is 8.56. The van der Waals surface area contributed by atoms with Gasteiger partial charge in [0.2, 0.25) is 0 Å². The Morgan fingerprint density at radius 2 is 1.95 bits per heavy atom. The Morgan fingerprint density at radius 1 is 1.10 bits per heavy atom. The lowest BCUT2D eigenvalue weighted by Crippen LogP contribution is -2.07.